The zero-order valence-electron chi connectivity index (χ0n) is 10.3. The monoisotopic (exact) mass is 284 g/mol. The lowest BCUT2D eigenvalue weighted by atomic mass is 9.92. The SMILES string of the molecule is O=C(O)CC1(c2ccc3oc(C(F)(F)F)cc3c2)CC1. The Bertz CT molecular complexity index is 681. The lowest BCUT2D eigenvalue weighted by molar-refractivity contribution is -0.152. The maximum Gasteiger partial charge on any atom is 0.449 e. The minimum Gasteiger partial charge on any atom is -0.481 e. The van der Waals surface area contributed by atoms with Gasteiger partial charge in [0.2, 0.25) is 5.76 Å². The summed E-state index contributed by atoms with van der Waals surface area (Å²) in [6.45, 7) is 0. The molecule has 0 aliphatic heterocycles. The van der Waals surface area contributed by atoms with Crippen LogP contribution in [0.1, 0.15) is 30.6 Å². The summed E-state index contributed by atoms with van der Waals surface area (Å²) in [6, 6.07) is 5.68. The zero-order valence-corrected chi connectivity index (χ0v) is 10.3. The number of hydrogen-bond acceptors (Lipinski definition) is 2. The summed E-state index contributed by atoms with van der Waals surface area (Å²) in [6.07, 6.45) is -3.02. The highest BCUT2D eigenvalue weighted by Gasteiger charge is 2.46. The highest BCUT2D eigenvalue weighted by Crippen LogP contribution is 2.51. The number of rotatable bonds is 3. The van der Waals surface area contributed by atoms with Gasteiger partial charge in [0.05, 0.1) is 6.42 Å². The standard InChI is InChI=1S/C14H11F3O3/c15-14(16,17)11-6-8-5-9(1-2-10(8)20-11)13(3-4-13)7-12(18)19/h1-2,5-6H,3-4,7H2,(H,18,19). The van der Waals surface area contributed by atoms with Crippen molar-refractivity contribution in [1.82, 2.24) is 0 Å². The van der Waals surface area contributed by atoms with E-state index in [1.54, 1.807) is 12.1 Å². The van der Waals surface area contributed by atoms with Crippen molar-refractivity contribution in [1.29, 1.82) is 0 Å². The number of furan rings is 1. The molecule has 1 aromatic carbocycles. The summed E-state index contributed by atoms with van der Waals surface area (Å²) in [5, 5.41) is 9.26. The second kappa shape index (κ2) is 4.01. The van der Waals surface area contributed by atoms with E-state index in [1.807, 2.05) is 0 Å². The van der Waals surface area contributed by atoms with Crippen LogP contribution in [0.3, 0.4) is 0 Å². The number of benzene rings is 1. The first kappa shape index (κ1) is 13.0. The smallest absolute Gasteiger partial charge is 0.449 e. The molecular weight excluding hydrogens is 273 g/mol. The van der Waals surface area contributed by atoms with Gasteiger partial charge in [-0.2, -0.15) is 13.2 Å². The Balaban J connectivity index is 2.01. The van der Waals surface area contributed by atoms with E-state index in [1.165, 1.54) is 6.07 Å². The third-order valence-corrected chi connectivity index (χ3v) is 3.75. The van der Waals surface area contributed by atoms with Gasteiger partial charge < -0.3 is 9.52 Å². The maximum atomic E-state index is 12.6. The van der Waals surface area contributed by atoms with Gasteiger partial charge in [0.15, 0.2) is 0 Å². The van der Waals surface area contributed by atoms with Crippen LogP contribution in [-0.4, -0.2) is 11.1 Å². The largest absolute Gasteiger partial charge is 0.481 e. The minimum absolute atomic E-state index is 0.00247. The van der Waals surface area contributed by atoms with Crippen molar-refractivity contribution >= 4 is 16.9 Å². The summed E-state index contributed by atoms with van der Waals surface area (Å²) in [5.74, 6) is -1.93. The fourth-order valence-corrected chi connectivity index (χ4v) is 2.52. The first-order valence-corrected chi connectivity index (χ1v) is 6.13. The molecule has 1 aromatic heterocycles. The summed E-state index contributed by atoms with van der Waals surface area (Å²) in [4.78, 5) is 10.9. The molecule has 0 unspecified atom stereocenters. The van der Waals surface area contributed by atoms with Crippen LogP contribution >= 0.6 is 0 Å². The Kier molecular flexibility index (Phi) is 2.61. The van der Waals surface area contributed by atoms with Crippen LogP contribution in [-0.2, 0) is 16.4 Å². The molecule has 1 heterocycles. The van der Waals surface area contributed by atoms with Gasteiger partial charge >= 0.3 is 12.1 Å². The molecular formula is C14H11F3O3. The Hall–Kier alpha value is -1.98. The predicted molar refractivity (Wildman–Crippen MR) is 64.4 cm³/mol. The van der Waals surface area contributed by atoms with E-state index < -0.39 is 23.3 Å². The van der Waals surface area contributed by atoms with Crippen LogP contribution < -0.4 is 0 Å². The number of carbonyl (C=O) groups is 1. The van der Waals surface area contributed by atoms with Crippen LogP contribution in [0.15, 0.2) is 28.7 Å². The second-order valence-electron chi connectivity index (χ2n) is 5.21. The number of alkyl halides is 3. The quantitative estimate of drug-likeness (QED) is 0.928. The highest BCUT2D eigenvalue weighted by molar-refractivity contribution is 5.80. The molecule has 1 N–H and O–H groups in total. The average Bonchev–Trinajstić information content (AvgIpc) is 2.97. The molecule has 6 heteroatoms. The third kappa shape index (κ3) is 2.15. The van der Waals surface area contributed by atoms with E-state index in [0.29, 0.717) is 5.39 Å². The lowest BCUT2D eigenvalue weighted by Crippen LogP contribution is -2.12. The molecule has 1 fully saturated rings. The third-order valence-electron chi connectivity index (χ3n) is 3.75. The van der Waals surface area contributed by atoms with Crippen molar-refractivity contribution in [2.45, 2.75) is 30.9 Å². The predicted octanol–water partition coefficient (Wildman–Crippen LogP) is 3.96. The van der Waals surface area contributed by atoms with Gasteiger partial charge in [0, 0.05) is 10.8 Å². The normalized spacial score (nSPS) is 17.4. The summed E-state index contributed by atoms with van der Waals surface area (Å²) < 4.78 is 42.5. The zero-order chi connectivity index (χ0) is 14.5. The highest BCUT2D eigenvalue weighted by atomic mass is 19.4. The molecule has 20 heavy (non-hydrogen) atoms. The van der Waals surface area contributed by atoms with Crippen LogP contribution in [0.25, 0.3) is 11.0 Å². The summed E-state index contributed by atoms with van der Waals surface area (Å²) in [7, 11) is 0. The molecule has 0 atom stereocenters. The molecule has 0 saturated heterocycles. The number of carboxylic acid groups (broad SMARTS) is 1. The summed E-state index contributed by atoms with van der Waals surface area (Å²) in [5.41, 5.74) is 0.504. The first-order chi connectivity index (χ1) is 9.30. The Morgan fingerprint density at radius 2 is 2.00 bits per heavy atom. The Labute approximate surface area is 112 Å². The van der Waals surface area contributed by atoms with E-state index >= 15 is 0 Å². The Morgan fingerprint density at radius 1 is 1.30 bits per heavy atom. The van der Waals surface area contributed by atoms with Crippen LogP contribution in [0, 0.1) is 0 Å². The molecule has 106 valence electrons. The fourth-order valence-electron chi connectivity index (χ4n) is 2.52. The van der Waals surface area contributed by atoms with Gasteiger partial charge in [0.25, 0.3) is 0 Å². The molecule has 0 bridgehead atoms. The van der Waals surface area contributed by atoms with Crippen molar-refractivity contribution in [3.63, 3.8) is 0 Å². The van der Waals surface area contributed by atoms with Gasteiger partial charge in [-0.15, -0.1) is 0 Å². The van der Waals surface area contributed by atoms with Gasteiger partial charge in [-0.05, 0) is 36.6 Å². The molecule has 2 aromatic rings. The fraction of sp³-hybridized carbons (Fsp3) is 0.357. The number of carboxylic acids is 1. The topological polar surface area (TPSA) is 50.4 Å². The van der Waals surface area contributed by atoms with Crippen molar-refractivity contribution in [2.24, 2.45) is 0 Å². The summed E-state index contributed by atoms with van der Waals surface area (Å²) >= 11 is 0. The number of fused-ring (bicyclic) bond motifs is 1. The molecule has 1 aliphatic rings. The second-order valence-corrected chi connectivity index (χ2v) is 5.21. The van der Waals surface area contributed by atoms with Gasteiger partial charge in [-0.3, -0.25) is 4.79 Å². The first-order valence-electron chi connectivity index (χ1n) is 6.13. The minimum atomic E-state index is -4.52. The molecule has 0 spiro atoms. The van der Waals surface area contributed by atoms with Gasteiger partial charge in [0.1, 0.15) is 5.58 Å². The van der Waals surface area contributed by atoms with Gasteiger partial charge in [-0.1, -0.05) is 6.07 Å². The Morgan fingerprint density at radius 3 is 2.55 bits per heavy atom. The van der Waals surface area contributed by atoms with Crippen LogP contribution in [0.4, 0.5) is 13.2 Å². The molecule has 1 aliphatic carbocycles. The number of hydrogen-bond donors (Lipinski definition) is 1. The van der Waals surface area contributed by atoms with Gasteiger partial charge in [-0.25, -0.2) is 0 Å². The molecule has 1 saturated carbocycles. The number of halogens is 3. The molecule has 3 rings (SSSR count). The van der Waals surface area contributed by atoms with E-state index in [-0.39, 0.29) is 12.0 Å². The average molecular weight is 284 g/mol. The molecule has 0 amide bonds. The van der Waals surface area contributed by atoms with Crippen LogP contribution in [0.5, 0.6) is 0 Å². The molecule has 3 nitrogen and oxygen atoms in total. The van der Waals surface area contributed by atoms with Crippen molar-refractivity contribution in [3.8, 4) is 0 Å². The lowest BCUT2D eigenvalue weighted by Gasteiger charge is -2.12. The van der Waals surface area contributed by atoms with E-state index in [9.17, 15) is 18.0 Å². The van der Waals surface area contributed by atoms with Crippen molar-refractivity contribution in [3.05, 3.63) is 35.6 Å². The van der Waals surface area contributed by atoms with Crippen molar-refractivity contribution in [2.75, 3.05) is 0 Å². The maximum absolute atomic E-state index is 12.6. The van der Waals surface area contributed by atoms with E-state index in [0.717, 1.165) is 24.5 Å². The van der Waals surface area contributed by atoms with Crippen molar-refractivity contribution < 1.29 is 27.5 Å². The molecule has 0 radical (unpaired) electrons. The van der Waals surface area contributed by atoms with Crippen LogP contribution in [0.2, 0.25) is 0 Å². The number of aliphatic carboxylic acids is 1. The van der Waals surface area contributed by atoms with E-state index in [2.05, 4.69) is 0 Å². The van der Waals surface area contributed by atoms with E-state index in [4.69, 9.17) is 9.52 Å².